The number of hydrogen-bond acceptors (Lipinski definition) is 5. The van der Waals surface area contributed by atoms with Crippen LogP contribution < -0.4 is 5.32 Å². The van der Waals surface area contributed by atoms with Crippen molar-refractivity contribution in [3.63, 3.8) is 0 Å². The summed E-state index contributed by atoms with van der Waals surface area (Å²) < 4.78 is 6.69. The van der Waals surface area contributed by atoms with E-state index < -0.39 is 5.97 Å². The number of ether oxygens (including phenoxy) is 1. The molecular weight excluding hydrogens is 256 g/mol. The van der Waals surface area contributed by atoms with Gasteiger partial charge in [-0.1, -0.05) is 31.4 Å². The van der Waals surface area contributed by atoms with Crippen molar-refractivity contribution >= 4 is 5.97 Å². The van der Waals surface area contributed by atoms with E-state index in [0.717, 1.165) is 38.0 Å². The average Bonchev–Trinajstić information content (AvgIpc) is 3.11. The van der Waals surface area contributed by atoms with Crippen LogP contribution in [0, 0.1) is 0 Å². The molecule has 0 aromatic carbocycles. The molecule has 2 heterocycles. The van der Waals surface area contributed by atoms with Crippen LogP contribution in [-0.2, 0) is 11.3 Å². The second-order valence-electron chi connectivity index (χ2n) is 5.25. The number of aryl methyl sites for hydroxylation is 1. The summed E-state index contributed by atoms with van der Waals surface area (Å²) in [7, 11) is 1.38. The van der Waals surface area contributed by atoms with E-state index in [1.54, 1.807) is 0 Å². The maximum atomic E-state index is 11.8. The summed E-state index contributed by atoms with van der Waals surface area (Å²) in [6.07, 6.45) is 6.83. The van der Waals surface area contributed by atoms with Gasteiger partial charge >= 0.3 is 5.97 Å². The molecule has 6 nitrogen and oxygen atoms in total. The third-order valence-corrected chi connectivity index (χ3v) is 3.77. The van der Waals surface area contributed by atoms with Gasteiger partial charge in [0.2, 0.25) is 0 Å². The maximum Gasteiger partial charge on any atom is 0.360 e. The standard InChI is InChI=1S/C14H24N4O2/c1-3-4-5-6-10-18-13(11-8-7-9-15-11)12(16-17-18)14(19)20-2/h11,15H,3-10H2,1-2H3. The van der Waals surface area contributed by atoms with Crippen molar-refractivity contribution in [1.82, 2.24) is 20.3 Å². The molecule has 112 valence electrons. The Hall–Kier alpha value is -1.43. The average molecular weight is 280 g/mol. The molecule has 6 heteroatoms. The van der Waals surface area contributed by atoms with Gasteiger partial charge in [0.15, 0.2) is 5.69 Å². The molecule has 0 amide bonds. The number of unbranched alkanes of at least 4 members (excludes halogenated alkanes) is 3. The highest BCUT2D eigenvalue weighted by molar-refractivity contribution is 5.88. The molecule has 20 heavy (non-hydrogen) atoms. The van der Waals surface area contributed by atoms with E-state index in [4.69, 9.17) is 4.74 Å². The fraction of sp³-hybridized carbons (Fsp3) is 0.786. The molecule has 1 aromatic heterocycles. The lowest BCUT2D eigenvalue weighted by Gasteiger charge is -2.13. The summed E-state index contributed by atoms with van der Waals surface area (Å²) in [5, 5.41) is 11.6. The normalized spacial score (nSPS) is 18.4. The molecule has 1 aliphatic heterocycles. The first-order chi connectivity index (χ1) is 9.77. The van der Waals surface area contributed by atoms with Gasteiger partial charge in [-0.15, -0.1) is 5.10 Å². The van der Waals surface area contributed by atoms with Crippen LogP contribution in [0.2, 0.25) is 0 Å². The molecule has 1 atom stereocenters. The van der Waals surface area contributed by atoms with Crippen LogP contribution in [0.1, 0.15) is 67.7 Å². The van der Waals surface area contributed by atoms with E-state index >= 15 is 0 Å². The van der Waals surface area contributed by atoms with Gasteiger partial charge < -0.3 is 10.1 Å². The Morgan fingerprint density at radius 1 is 1.45 bits per heavy atom. The van der Waals surface area contributed by atoms with Crippen LogP contribution in [-0.4, -0.2) is 34.6 Å². The Bertz CT molecular complexity index is 438. The number of rotatable bonds is 7. The summed E-state index contributed by atoms with van der Waals surface area (Å²) >= 11 is 0. The zero-order valence-electron chi connectivity index (χ0n) is 12.4. The number of hydrogen-bond donors (Lipinski definition) is 1. The van der Waals surface area contributed by atoms with E-state index in [0.29, 0.717) is 5.69 Å². The number of nitrogens with zero attached hydrogens (tertiary/aromatic N) is 3. The third-order valence-electron chi connectivity index (χ3n) is 3.77. The quantitative estimate of drug-likeness (QED) is 0.611. The Labute approximate surface area is 119 Å². The molecule has 0 radical (unpaired) electrons. The fourth-order valence-electron chi connectivity index (χ4n) is 2.68. The molecule has 1 fully saturated rings. The smallest absolute Gasteiger partial charge is 0.360 e. The Morgan fingerprint density at radius 3 is 2.95 bits per heavy atom. The molecule has 1 saturated heterocycles. The molecule has 0 saturated carbocycles. The first-order valence-electron chi connectivity index (χ1n) is 7.53. The van der Waals surface area contributed by atoms with Crippen molar-refractivity contribution in [3.8, 4) is 0 Å². The molecule has 1 aromatic rings. The summed E-state index contributed by atoms with van der Waals surface area (Å²) in [6.45, 7) is 3.99. The Kier molecular flexibility index (Phi) is 5.52. The van der Waals surface area contributed by atoms with Gasteiger partial charge in [-0.05, 0) is 25.8 Å². The Morgan fingerprint density at radius 2 is 2.30 bits per heavy atom. The molecule has 2 rings (SSSR count). The van der Waals surface area contributed by atoms with Gasteiger partial charge in [0.25, 0.3) is 0 Å². The largest absolute Gasteiger partial charge is 0.464 e. The first-order valence-corrected chi connectivity index (χ1v) is 7.53. The summed E-state index contributed by atoms with van der Waals surface area (Å²) in [5.41, 5.74) is 1.26. The highest BCUT2D eigenvalue weighted by Crippen LogP contribution is 2.25. The van der Waals surface area contributed by atoms with Gasteiger partial charge in [0.1, 0.15) is 0 Å². The molecule has 0 aliphatic carbocycles. The number of aromatic nitrogens is 3. The zero-order valence-corrected chi connectivity index (χ0v) is 12.4. The second kappa shape index (κ2) is 7.38. The first kappa shape index (κ1) is 15.0. The lowest BCUT2D eigenvalue weighted by molar-refractivity contribution is 0.0591. The lowest BCUT2D eigenvalue weighted by Crippen LogP contribution is -2.21. The van der Waals surface area contributed by atoms with Crippen molar-refractivity contribution in [2.75, 3.05) is 13.7 Å². The maximum absolute atomic E-state index is 11.8. The number of carbonyl (C=O) groups is 1. The fourth-order valence-corrected chi connectivity index (χ4v) is 2.68. The van der Waals surface area contributed by atoms with Crippen molar-refractivity contribution in [3.05, 3.63) is 11.4 Å². The van der Waals surface area contributed by atoms with E-state index in [-0.39, 0.29) is 6.04 Å². The summed E-state index contributed by atoms with van der Waals surface area (Å²) in [5.74, 6) is -0.395. The van der Waals surface area contributed by atoms with Gasteiger partial charge in [-0.25, -0.2) is 9.48 Å². The Balaban J connectivity index is 2.13. The molecule has 1 unspecified atom stereocenters. The highest BCUT2D eigenvalue weighted by Gasteiger charge is 2.28. The summed E-state index contributed by atoms with van der Waals surface area (Å²) in [6, 6.07) is 0.172. The molecular formula is C14H24N4O2. The monoisotopic (exact) mass is 280 g/mol. The van der Waals surface area contributed by atoms with Crippen LogP contribution in [0.3, 0.4) is 0 Å². The van der Waals surface area contributed by atoms with Crippen LogP contribution in [0.5, 0.6) is 0 Å². The number of methoxy groups -OCH3 is 1. The van der Waals surface area contributed by atoms with Gasteiger partial charge in [-0.3, -0.25) is 0 Å². The molecule has 0 bridgehead atoms. The van der Waals surface area contributed by atoms with E-state index in [9.17, 15) is 4.79 Å². The zero-order chi connectivity index (χ0) is 14.4. The second-order valence-corrected chi connectivity index (χ2v) is 5.25. The molecule has 1 aliphatic rings. The van der Waals surface area contributed by atoms with Crippen LogP contribution in [0.4, 0.5) is 0 Å². The van der Waals surface area contributed by atoms with Crippen molar-refractivity contribution < 1.29 is 9.53 Å². The van der Waals surface area contributed by atoms with Crippen LogP contribution in [0.25, 0.3) is 0 Å². The number of carbonyl (C=O) groups excluding carboxylic acids is 1. The minimum atomic E-state index is -0.395. The van der Waals surface area contributed by atoms with Crippen LogP contribution in [0.15, 0.2) is 0 Å². The predicted octanol–water partition coefficient (Wildman–Crippen LogP) is 2.07. The minimum Gasteiger partial charge on any atom is -0.464 e. The van der Waals surface area contributed by atoms with Crippen molar-refractivity contribution in [1.29, 1.82) is 0 Å². The lowest BCUT2D eigenvalue weighted by atomic mass is 10.1. The van der Waals surface area contributed by atoms with Gasteiger partial charge in [-0.2, -0.15) is 0 Å². The minimum absolute atomic E-state index is 0.172. The van der Waals surface area contributed by atoms with E-state index in [2.05, 4.69) is 22.6 Å². The van der Waals surface area contributed by atoms with Crippen molar-refractivity contribution in [2.24, 2.45) is 0 Å². The molecule has 0 spiro atoms. The third kappa shape index (κ3) is 3.36. The SMILES string of the molecule is CCCCCCn1nnc(C(=O)OC)c1C1CCCN1. The van der Waals surface area contributed by atoms with Crippen molar-refractivity contribution in [2.45, 2.75) is 58.0 Å². The topological polar surface area (TPSA) is 69.0 Å². The van der Waals surface area contributed by atoms with E-state index in [1.807, 2.05) is 4.68 Å². The predicted molar refractivity (Wildman–Crippen MR) is 75.5 cm³/mol. The van der Waals surface area contributed by atoms with Gasteiger partial charge in [0, 0.05) is 6.54 Å². The number of esters is 1. The van der Waals surface area contributed by atoms with E-state index in [1.165, 1.54) is 26.4 Å². The summed E-state index contributed by atoms with van der Waals surface area (Å²) in [4.78, 5) is 11.8. The highest BCUT2D eigenvalue weighted by atomic mass is 16.5. The van der Waals surface area contributed by atoms with Gasteiger partial charge in [0.05, 0.1) is 18.8 Å². The van der Waals surface area contributed by atoms with Crippen LogP contribution >= 0.6 is 0 Å². The molecule has 1 N–H and O–H groups in total. The number of nitrogens with one attached hydrogen (secondary N) is 1.